The van der Waals surface area contributed by atoms with E-state index in [2.05, 4.69) is 20.9 Å². The predicted octanol–water partition coefficient (Wildman–Crippen LogP) is 2.33. The number of hydrogen-bond donors (Lipinski definition) is 4. The highest BCUT2D eigenvalue weighted by molar-refractivity contribution is 6.40. The normalized spacial score (nSPS) is 15.7. The van der Waals surface area contributed by atoms with Gasteiger partial charge in [0.15, 0.2) is 12.4 Å². The molecule has 0 aliphatic carbocycles. The van der Waals surface area contributed by atoms with Gasteiger partial charge in [0.1, 0.15) is 17.5 Å². The van der Waals surface area contributed by atoms with Gasteiger partial charge in [0.2, 0.25) is 11.8 Å². The molecule has 3 unspecified atom stereocenters. The summed E-state index contributed by atoms with van der Waals surface area (Å²) < 4.78 is 10.4. The van der Waals surface area contributed by atoms with Crippen LogP contribution in [0.15, 0.2) is 54.6 Å². The average Bonchev–Trinajstić information content (AvgIpc) is 3.64. The van der Waals surface area contributed by atoms with E-state index in [0.29, 0.717) is 29.6 Å². The van der Waals surface area contributed by atoms with Gasteiger partial charge in [-0.05, 0) is 43.4 Å². The molecule has 4 rings (SSSR count). The summed E-state index contributed by atoms with van der Waals surface area (Å²) in [5, 5.41) is 8.82. The molecule has 44 heavy (non-hydrogen) atoms. The first-order chi connectivity index (χ1) is 21.1. The number of hydrogen-bond acceptors (Lipinski definition) is 8. The number of aromatic amines is 1. The molecular formula is C32H36N4O8. The van der Waals surface area contributed by atoms with Gasteiger partial charge < -0.3 is 30.4 Å². The Morgan fingerprint density at radius 2 is 1.73 bits per heavy atom. The summed E-state index contributed by atoms with van der Waals surface area (Å²) in [5.41, 5.74) is 1.01. The molecule has 2 heterocycles. The van der Waals surface area contributed by atoms with Gasteiger partial charge in [-0.3, -0.25) is 24.0 Å². The van der Waals surface area contributed by atoms with Crippen molar-refractivity contribution in [2.75, 3.05) is 20.3 Å². The molecule has 1 aromatic heterocycles. The van der Waals surface area contributed by atoms with Crippen LogP contribution in [0.2, 0.25) is 0 Å². The second-order valence-corrected chi connectivity index (χ2v) is 11.1. The van der Waals surface area contributed by atoms with Crippen molar-refractivity contribution < 1.29 is 38.2 Å². The molecular weight excluding hydrogens is 568 g/mol. The van der Waals surface area contributed by atoms with Crippen molar-refractivity contribution in [3.05, 3.63) is 65.9 Å². The molecule has 3 atom stereocenters. The van der Waals surface area contributed by atoms with Crippen molar-refractivity contribution in [1.29, 1.82) is 0 Å². The van der Waals surface area contributed by atoms with Crippen molar-refractivity contribution in [3.63, 3.8) is 0 Å². The zero-order valence-corrected chi connectivity index (χ0v) is 24.8. The third-order valence-electron chi connectivity index (χ3n) is 7.37. The maximum atomic E-state index is 13.5. The number of benzene rings is 2. The van der Waals surface area contributed by atoms with E-state index in [1.165, 1.54) is 19.2 Å². The van der Waals surface area contributed by atoms with Crippen LogP contribution < -0.4 is 20.7 Å². The van der Waals surface area contributed by atoms with Gasteiger partial charge in [0.25, 0.3) is 11.7 Å². The van der Waals surface area contributed by atoms with Crippen LogP contribution in [-0.2, 0) is 23.9 Å². The van der Waals surface area contributed by atoms with Crippen LogP contribution in [0.5, 0.6) is 5.75 Å². The minimum atomic E-state index is -1.21. The van der Waals surface area contributed by atoms with Crippen molar-refractivity contribution >= 4 is 46.2 Å². The van der Waals surface area contributed by atoms with Gasteiger partial charge in [0.05, 0.1) is 13.2 Å². The van der Waals surface area contributed by atoms with Gasteiger partial charge >= 0.3 is 5.97 Å². The number of H-pyrrole nitrogens is 1. The average molecular weight is 605 g/mol. The first-order valence-electron chi connectivity index (χ1n) is 14.4. The topological polar surface area (TPSA) is 173 Å². The second-order valence-electron chi connectivity index (χ2n) is 11.1. The van der Waals surface area contributed by atoms with E-state index in [9.17, 15) is 28.8 Å². The molecule has 12 heteroatoms. The number of esters is 1. The summed E-state index contributed by atoms with van der Waals surface area (Å²) in [5.74, 6) is -4.22. The third kappa shape index (κ3) is 7.88. The maximum absolute atomic E-state index is 13.5. The van der Waals surface area contributed by atoms with E-state index >= 15 is 0 Å². The number of rotatable bonds is 14. The number of carbonyl (C=O) groups is 6. The highest BCUT2D eigenvalue weighted by Gasteiger charge is 2.34. The number of aromatic nitrogens is 1. The molecule has 1 aliphatic heterocycles. The molecule has 1 fully saturated rings. The Kier molecular flexibility index (Phi) is 10.5. The van der Waals surface area contributed by atoms with Crippen molar-refractivity contribution in [1.82, 2.24) is 20.9 Å². The lowest BCUT2D eigenvalue weighted by atomic mass is 9.95. The number of fused-ring (bicyclic) bond motifs is 1. The van der Waals surface area contributed by atoms with Gasteiger partial charge in [-0.1, -0.05) is 50.2 Å². The van der Waals surface area contributed by atoms with Crippen LogP contribution in [0.4, 0.5) is 0 Å². The Labute approximate surface area is 254 Å². The van der Waals surface area contributed by atoms with Gasteiger partial charge in [-0.25, -0.2) is 4.79 Å². The zero-order chi connectivity index (χ0) is 31.8. The summed E-state index contributed by atoms with van der Waals surface area (Å²) in [7, 11) is 1.53. The standard InChI is InChI=1S/C32H36N4O8/c1-18(2)14-24(36-31(41)25-16-21-22(34-25)10-7-11-27(21)43-3)30(40)35-23(15-20-12-13-33-29(20)39)26(37)17-44-32(42)28(38)19-8-5-4-6-9-19/h4-11,16,18,20,23-24,34H,12-15,17H2,1-3H3,(H,33,39)(H,35,40)(H,36,41). The maximum Gasteiger partial charge on any atom is 0.380 e. The Balaban J connectivity index is 1.47. The summed E-state index contributed by atoms with van der Waals surface area (Å²) in [6.07, 6.45) is 0.679. The Hall–Kier alpha value is -5.00. The molecule has 4 N–H and O–H groups in total. The lowest BCUT2D eigenvalue weighted by Crippen LogP contribution is -2.53. The molecule has 0 spiro atoms. The molecule has 12 nitrogen and oxygen atoms in total. The summed E-state index contributed by atoms with van der Waals surface area (Å²) >= 11 is 0. The minimum Gasteiger partial charge on any atom is -0.496 e. The van der Waals surface area contributed by atoms with E-state index < -0.39 is 54.0 Å². The van der Waals surface area contributed by atoms with E-state index in [4.69, 9.17) is 9.47 Å². The fourth-order valence-corrected chi connectivity index (χ4v) is 5.07. The fourth-order valence-electron chi connectivity index (χ4n) is 5.07. The van der Waals surface area contributed by atoms with Crippen LogP contribution in [0.1, 0.15) is 54.0 Å². The highest BCUT2D eigenvalue weighted by Crippen LogP contribution is 2.26. The van der Waals surface area contributed by atoms with Crippen molar-refractivity contribution in [3.8, 4) is 5.75 Å². The number of methoxy groups -OCH3 is 1. The number of carbonyl (C=O) groups excluding carboxylic acids is 6. The monoisotopic (exact) mass is 604 g/mol. The molecule has 2 aromatic carbocycles. The van der Waals surface area contributed by atoms with Gasteiger partial charge in [0, 0.05) is 28.9 Å². The molecule has 0 bridgehead atoms. The van der Waals surface area contributed by atoms with Crippen molar-refractivity contribution in [2.45, 2.75) is 45.2 Å². The molecule has 0 saturated carbocycles. The Morgan fingerprint density at radius 1 is 0.977 bits per heavy atom. The van der Waals surface area contributed by atoms with Gasteiger partial charge in [-0.2, -0.15) is 0 Å². The third-order valence-corrected chi connectivity index (χ3v) is 7.37. The smallest absolute Gasteiger partial charge is 0.380 e. The van der Waals surface area contributed by atoms with Crippen LogP contribution in [0, 0.1) is 11.8 Å². The predicted molar refractivity (Wildman–Crippen MR) is 160 cm³/mol. The lowest BCUT2D eigenvalue weighted by molar-refractivity contribution is -0.144. The largest absolute Gasteiger partial charge is 0.496 e. The number of amides is 3. The van der Waals surface area contributed by atoms with E-state index in [0.717, 1.165) is 0 Å². The highest BCUT2D eigenvalue weighted by atomic mass is 16.5. The van der Waals surface area contributed by atoms with Crippen molar-refractivity contribution in [2.24, 2.45) is 11.8 Å². The molecule has 3 amide bonds. The fraction of sp³-hybridized carbons (Fsp3) is 0.375. The van der Waals surface area contributed by atoms with Gasteiger partial charge in [-0.15, -0.1) is 0 Å². The second kappa shape index (κ2) is 14.5. The zero-order valence-electron chi connectivity index (χ0n) is 24.8. The van der Waals surface area contributed by atoms with Crippen LogP contribution in [0.25, 0.3) is 10.9 Å². The Bertz CT molecular complexity index is 1550. The lowest BCUT2D eigenvalue weighted by Gasteiger charge is -2.25. The van der Waals surface area contributed by atoms with E-state index in [1.807, 2.05) is 13.8 Å². The molecule has 0 radical (unpaired) electrons. The minimum absolute atomic E-state index is 0.00595. The number of nitrogens with one attached hydrogen (secondary N) is 4. The summed E-state index contributed by atoms with van der Waals surface area (Å²) in [6.45, 7) is 3.42. The first kappa shape index (κ1) is 31.9. The van der Waals surface area contributed by atoms with Crippen LogP contribution in [0.3, 0.4) is 0 Å². The van der Waals surface area contributed by atoms with Crippen LogP contribution >= 0.6 is 0 Å². The Morgan fingerprint density at radius 3 is 2.39 bits per heavy atom. The summed E-state index contributed by atoms with van der Waals surface area (Å²) in [6, 6.07) is 12.5. The molecule has 3 aromatic rings. The number of ketones is 2. The number of ether oxygens (including phenoxy) is 2. The SMILES string of the molecule is COc1cccc2[nH]c(C(=O)NC(CC(C)C)C(=O)NC(CC3CCNC3=O)C(=O)COC(=O)C(=O)c3ccccc3)cc12. The first-order valence-corrected chi connectivity index (χ1v) is 14.4. The van der Waals surface area contributed by atoms with E-state index in [1.54, 1.807) is 42.5 Å². The number of Topliss-reactive ketones (excluding diaryl/α,β-unsaturated/α-hetero) is 2. The molecule has 1 aliphatic rings. The van der Waals surface area contributed by atoms with Crippen LogP contribution in [-0.4, -0.2) is 72.6 Å². The molecule has 232 valence electrons. The molecule has 1 saturated heterocycles. The van der Waals surface area contributed by atoms with E-state index in [-0.39, 0.29) is 35.9 Å². The summed E-state index contributed by atoms with van der Waals surface area (Å²) in [4.78, 5) is 80.1. The quantitative estimate of drug-likeness (QED) is 0.123.